The third kappa shape index (κ3) is 3.98. The van der Waals surface area contributed by atoms with E-state index in [1.165, 1.54) is 23.5 Å². The molecule has 28 heavy (non-hydrogen) atoms. The molecule has 1 heterocycles. The number of aromatic hydroxyl groups is 2. The SMILES string of the molecule is Oc1ccc(C(=Nc2nc(-c3ccc(Br)cc3)cs2)c2ccccc2)c(O)c1. The summed E-state index contributed by atoms with van der Waals surface area (Å²) >= 11 is 4.87. The Balaban J connectivity index is 1.79. The summed E-state index contributed by atoms with van der Waals surface area (Å²) in [5, 5.41) is 22.5. The van der Waals surface area contributed by atoms with Crippen LogP contribution >= 0.6 is 27.3 Å². The highest BCUT2D eigenvalue weighted by molar-refractivity contribution is 9.10. The second-order valence-electron chi connectivity index (χ2n) is 6.05. The first-order valence-electron chi connectivity index (χ1n) is 8.48. The van der Waals surface area contributed by atoms with E-state index in [2.05, 4.69) is 20.9 Å². The fraction of sp³-hybridized carbons (Fsp3) is 0. The summed E-state index contributed by atoms with van der Waals surface area (Å²) in [6, 6.07) is 22.0. The molecule has 4 nitrogen and oxygen atoms in total. The van der Waals surface area contributed by atoms with Crippen LogP contribution in [0.25, 0.3) is 11.3 Å². The monoisotopic (exact) mass is 450 g/mol. The van der Waals surface area contributed by atoms with Gasteiger partial charge in [0.2, 0.25) is 5.13 Å². The maximum absolute atomic E-state index is 10.3. The standard InChI is InChI=1S/C22H15BrN2O2S/c23-16-8-6-14(7-9-16)19-13-28-22(24-19)25-21(15-4-2-1-3-5-15)18-11-10-17(26)12-20(18)27/h1-13,26-27H. The third-order valence-corrected chi connectivity index (χ3v) is 5.39. The molecule has 0 aliphatic rings. The van der Waals surface area contributed by atoms with Gasteiger partial charge in [-0.05, 0) is 24.3 Å². The number of aliphatic imine (C=N–C) groups is 1. The lowest BCUT2D eigenvalue weighted by atomic mass is 10.0. The van der Waals surface area contributed by atoms with E-state index in [4.69, 9.17) is 4.99 Å². The van der Waals surface area contributed by atoms with Crippen molar-refractivity contribution in [2.45, 2.75) is 0 Å². The molecule has 0 fully saturated rings. The summed E-state index contributed by atoms with van der Waals surface area (Å²) in [5.74, 6) is -0.0345. The molecule has 6 heteroatoms. The lowest BCUT2D eigenvalue weighted by Gasteiger charge is -2.09. The van der Waals surface area contributed by atoms with Gasteiger partial charge in [-0.3, -0.25) is 0 Å². The van der Waals surface area contributed by atoms with Crippen molar-refractivity contribution in [3.05, 3.63) is 93.8 Å². The molecule has 1 aromatic heterocycles. The molecule has 0 atom stereocenters. The number of halogens is 1. The first kappa shape index (κ1) is 18.4. The normalized spacial score (nSPS) is 11.5. The molecule has 0 saturated heterocycles. The van der Waals surface area contributed by atoms with Crippen LogP contribution in [0.3, 0.4) is 0 Å². The highest BCUT2D eigenvalue weighted by atomic mass is 79.9. The number of benzene rings is 3. The molecule has 0 amide bonds. The van der Waals surface area contributed by atoms with E-state index < -0.39 is 0 Å². The Morgan fingerprint density at radius 1 is 0.929 bits per heavy atom. The maximum Gasteiger partial charge on any atom is 0.210 e. The molecule has 0 saturated carbocycles. The van der Waals surface area contributed by atoms with Crippen LogP contribution in [0.5, 0.6) is 11.5 Å². The number of rotatable bonds is 4. The molecule has 0 radical (unpaired) electrons. The van der Waals surface area contributed by atoms with Crippen molar-refractivity contribution < 1.29 is 10.2 Å². The first-order chi connectivity index (χ1) is 13.6. The second-order valence-corrected chi connectivity index (χ2v) is 7.80. The Bertz CT molecular complexity index is 1140. The summed E-state index contributed by atoms with van der Waals surface area (Å²) in [4.78, 5) is 9.36. The largest absolute Gasteiger partial charge is 0.508 e. The fourth-order valence-corrected chi connectivity index (χ4v) is 3.73. The lowest BCUT2D eigenvalue weighted by molar-refractivity contribution is 0.450. The van der Waals surface area contributed by atoms with Gasteiger partial charge in [0.05, 0.1) is 11.4 Å². The third-order valence-electron chi connectivity index (χ3n) is 4.12. The molecule has 0 aliphatic carbocycles. The number of hydrogen-bond donors (Lipinski definition) is 2. The van der Waals surface area contributed by atoms with Crippen LogP contribution in [0.15, 0.2) is 87.6 Å². The van der Waals surface area contributed by atoms with Crippen LogP contribution in [0.4, 0.5) is 5.13 Å². The molecule has 3 aromatic carbocycles. The molecule has 0 spiro atoms. The van der Waals surface area contributed by atoms with E-state index in [0.717, 1.165) is 21.3 Å². The van der Waals surface area contributed by atoms with Crippen LogP contribution < -0.4 is 0 Å². The molecule has 138 valence electrons. The Labute approximate surface area is 174 Å². The minimum absolute atomic E-state index is 0.000403. The number of nitrogens with zero attached hydrogens (tertiary/aromatic N) is 2. The Morgan fingerprint density at radius 2 is 1.68 bits per heavy atom. The Morgan fingerprint density at radius 3 is 2.39 bits per heavy atom. The van der Waals surface area contributed by atoms with Crippen molar-refractivity contribution >= 4 is 38.1 Å². The average Bonchev–Trinajstić information content (AvgIpc) is 3.17. The van der Waals surface area contributed by atoms with Crippen molar-refractivity contribution in [2.24, 2.45) is 4.99 Å². The van der Waals surface area contributed by atoms with Gasteiger partial charge in [-0.25, -0.2) is 9.98 Å². The van der Waals surface area contributed by atoms with E-state index in [1.54, 1.807) is 6.07 Å². The predicted octanol–water partition coefficient (Wildman–Crippen LogP) is 6.15. The zero-order chi connectivity index (χ0) is 19.5. The minimum atomic E-state index is -0.0349. The van der Waals surface area contributed by atoms with Crippen molar-refractivity contribution in [1.29, 1.82) is 0 Å². The maximum atomic E-state index is 10.3. The quantitative estimate of drug-likeness (QED) is 0.366. The van der Waals surface area contributed by atoms with Crippen LogP contribution in [-0.2, 0) is 0 Å². The minimum Gasteiger partial charge on any atom is -0.508 e. The van der Waals surface area contributed by atoms with E-state index >= 15 is 0 Å². The first-order valence-corrected chi connectivity index (χ1v) is 10.2. The van der Waals surface area contributed by atoms with Crippen LogP contribution in [0.1, 0.15) is 11.1 Å². The van der Waals surface area contributed by atoms with Crippen LogP contribution in [0, 0.1) is 0 Å². The predicted molar refractivity (Wildman–Crippen MR) is 117 cm³/mol. The van der Waals surface area contributed by atoms with Gasteiger partial charge in [0.15, 0.2) is 0 Å². The second kappa shape index (κ2) is 7.96. The van der Waals surface area contributed by atoms with Crippen LogP contribution in [0.2, 0.25) is 0 Å². The number of aromatic nitrogens is 1. The zero-order valence-electron chi connectivity index (χ0n) is 14.6. The average molecular weight is 451 g/mol. The van der Waals surface area contributed by atoms with Crippen LogP contribution in [-0.4, -0.2) is 20.9 Å². The topological polar surface area (TPSA) is 65.7 Å². The molecule has 4 rings (SSSR count). The van der Waals surface area contributed by atoms with Crippen molar-refractivity contribution in [3.63, 3.8) is 0 Å². The van der Waals surface area contributed by atoms with Gasteiger partial charge in [0.25, 0.3) is 0 Å². The number of hydrogen-bond acceptors (Lipinski definition) is 5. The van der Waals surface area contributed by atoms with Gasteiger partial charge < -0.3 is 10.2 Å². The van der Waals surface area contributed by atoms with Gasteiger partial charge in [-0.1, -0.05) is 58.4 Å². The van der Waals surface area contributed by atoms with Gasteiger partial charge in [0, 0.05) is 32.6 Å². The summed E-state index contributed by atoms with van der Waals surface area (Å²) < 4.78 is 1.01. The molecule has 0 unspecified atom stereocenters. The summed E-state index contributed by atoms with van der Waals surface area (Å²) in [7, 11) is 0. The lowest BCUT2D eigenvalue weighted by Crippen LogP contribution is -2.03. The van der Waals surface area contributed by atoms with Crippen molar-refractivity contribution in [1.82, 2.24) is 4.98 Å². The van der Waals surface area contributed by atoms with E-state index in [-0.39, 0.29) is 11.5 Å². The number of phenolic OH excluding ortho intramolecular Hbond substituents is 2. The highest BCUT2D eigenvalue weighted by Gasteiger charge is 2.14. The smallest absolute Gasteiger partial charge is 0.210 e. The summed E-state index contributed by atoms with van der Waals surface area (Å²) in [5.41, 5.74) is 3.83. The summed E-state index contributed by atoms with van der Waals surface area (Å²) in [6.45, 7) is 0. The molecule has 4 aromatic rings. The molecular formula is C22H15BrN2O2S. The van der Waals surface area contributed by atoms with Gasteiger partial charge in [0.1, 0.15) is 11.5 Å². The highest BCUT2D eigenvalue weighted by Crippen LogP contribution is 2.31. The zero-order valence-corrected chi connectivity index (χ0v) is 17.0. The molecule has 0 aliphatic heterocycles. The van der Waals surface area contributed by atoms with Gasteiger partial charge in [-0.2, -0.15) is 0 Å². The fourth-order valence-electron chi connectivity index (χ4n) is 2.76. The number of phenols is 2. The van der Waals surface area contributed by atoms with Gasteiger partial charge in [-0.15, -0.1) is 11.3 Å². The van der Waals surface area contributed by atoms with Gasteiger partial charge >= 0.3 is 0 Å². The molecule has 2 N–H and O–H groups in total. The van der Waals surface area contributed by atoms with E-state index in [1.807, 2.05) is 60.0 Å². The Hall–Kier alpha value is -2.96. The van der Waals surface area contributed by atoms with Crippen molar-refractivity contribution in [2.75, 3.05) is 0 Å². The van der Waals surface area contributed by atoms with E-state index in [0.29, 0.717) is 16.4 Å². The van der Waals surface area contributed by atoms with E-state index in [9.17, 15) is 10.2 Å². The molecule has 0 bridgehead atoms. The molecular weight excluding hydrogens is 436 g/mol. The summed E-state index contributed by atoms with van der Waals surface area (Å²) in [6.07, 6.45) is 0. The Kier molecular flexibility index (Phi) is 5.23. The number of thiazole rings is 1. The van der Waals surface area contributed by atoms with Crippen molar-refractivity contribution in [3.8, 4) is 22.8 Å².